The third-order valence-corrected chi connectivity index (χ3v) is 3.14. The Morgan fingerprint density at radius 2 is 1.85 bits per heavy atom. The van der Waals surface area contributed by atoms with Gasteiger partial charge in [0.25, 0.3) is 0 Å². The number of ether oxygens (including phenoxy) is 1. The molecular weight excluding hydrogens is 278 g/mol. The number of hydrogen-bond acceptors (Lipinski definition) is 3. The molecule has 1 aromatic rings. The number of halogens is 4. The molecule has 2 N–H and O–H groups in total. The van der Waals surface area contributed by atoms with Crippen LogP contribution in [0.1, 0.15) is 31.0 Å². The lowest BCUT2D eigenvalue weighted by molar-refractivity contribution is -0.152. The zero-order chi connectivity index (χ0) is 15.7. The molecule has 0 spiro atoms. The minimum atomic E-state index is -4.82. The number of nitrogens with two attached hydrogens (primary N) is 1. The molecule has 0 aliphatic carbocycles. The second-order valence-corrected chi connectivity index (χ2v) is 4.93. The first-order valence-corrected chi connectivity index (χ1v) is 5.72. The van der Waals surface area contributed by atoms with Gasteiger partial charge in [-0.1, -0.05) is 6.07 Å². The number of methoxy groups -OCH3 is 1. The summed E-state index contributed by atoms with van der Waals surface area (Å²) >= 11 is 0. The molecule has 0 bridgehead atoms. The van der Waals surface area contributed by atoms with Crippen molar-refractivity contribution in [3.05, 3.63) is 35.1 Å². The summed E-state index contributed by atoms with van der Waals surface area (Å²) in [5.41, 5.74) is 3.18. The van der Waals surface area contributed by atoms with Crippen LogP contribution in [0.15, 0.2) is 18.2 Å². The van der Waals surface area contributed by atoms with Crippen LogP contribution in [0.5, 0.6) is 0 Å². The van der Waals surface area contributed by atoms with Crippen molar-refractivity contribution in [2.75, 3.05) is 7.11 Å². The number of carbonyl (C=O) groups excluding carboxylic acids is 1. The van der Waals surface area contributed by atoms with Crippen molar-refractivity contribution >= 4 is 5.97 Å². The molecule has 0 heterocycles. The smallest absolute Gasteiger partial charge is 0.419 e. The third-order valence-electron chi connectivity index (χ3n) is 3.14. The van der Waals surface area contributed by atoms with E-state index in [1.807, 2.05) is 0 Å². The fourth-order valence-electron chi connectivity index (χ4n) is 1.76. The van der Waals surface area contributed by atoms with Crippen LogP contribution < -0.4 is 5.73 Å². The van der Waals surface area contributed by atoms with E-state index in [0.717, 1.165) is 13.2 Å². The van der Waals surface area contributed by atoms with Gasteiger partial charge in [-0.3, -0.25) is 4.79 Å². The summed E-state index contributed by atoms with van der Waals surface area (Å²) in [7, 11) is 1.16. The Balaban J connectivity index is 3.25. The second-order valence-electron chi connectivity index (χ2n) is 4.93. The molecule has 3 nitrogen and oxygen atoms in total. The summed E-state index contributed by atoms with van der Waals surface area (Å²) < 4.78 is 55.7. The molecule has 112 valence electrons. The number of esters is 1. The summed E-state index contributed by atoms with van der Waals surface area (Å²) in [4.78, 5) is 11.6. The van der Waals surface area contributed by atoms with Gasteiger partial charge in [-0.15, -0.1) is 0 Å². The van der Waals surface area contributed by atoms with Crippen molar-refractivity contribution in [2.24, 2.45) is 11.1 Å². The first-order valence-electron chi connectivity index (χ1n) is 5.72. The normalized spacial score (nSPS) is 14.0. The Morgan fingerprint density at radius 3 is 2.30 bits per heavy atom. The van der Waals surface area contributed by atoms with E-state index in [1.54, 1.807) is 0 Å². The summed E-state index contributed by atoms with van der Waals surface area (Å²) in [6, 6.07) is 1.37. The van der Waals surface area contributed by atoms with Gasteiger partial charge in [-0.2, -0.15) is 13.2 Å². The molecule has 0 aliphatic heterocycles. The van der Waals surface area contributed by atoms with Gasteiger partial charge >= 0.3 is 12.1 Å². The van der Waals surface area contributed by atoms with Crippen molar-refractivity contribution < 1.29 is 27.1 Å². The molecule has 1 atom stereocenters. The maximum atomic E-state index is 13.2. The maximum Gasteiger partial charge on any atom is 0.419 e. The van der Waals surface area contributed by atoms with Crippen LogP contribution in [-0.4, -0.2) is 13.1 Å². The van der Waals surface area contributed by atoms with E-state index in [4.69, 9.17) is 5.73 Å². The SMILES string of the molecule is COC(=O)C(C)(C)[C@@H](N)c1ccc(F)c(C(F)(F)F)c1. The number of rotatable bonds is 3. The lowest BCUT2D eigenvalue weighted by Crippen LogP contribution is -2.37. The van der Waals surface area contributed by atoms with E-state index in [-0.39, 0.29) is 5.56 Å². The Labute approximate surface area is 113 Å². The zero-order valence-electron chi connectivity index (χ0n) is 11.2. The zero-order valence-corrected chi connectivity index (χ0v) is 11.2. The van der Waals surface area contributed by atoms with Crippen LogP contribution in [0.3, 0.4) is 0 Å². The van der Waals surface area contributed by atoms with Crippen LogP contribution in [-0.2, 0) is 15.7 Å². The fraction of sp³-hybridized carbons (Fsp3) is 0.462. The van der Waals surface area contributed by atoms with Gasteiger partial charge in [0, 0.05) is 6.04 Å². The molecule has 0 fully saturated rings. The third kappa shape index (κ3) is 3.09. The predicted octanol–water partition coefficient (Wildman–Crippen LogP) is 3.04. The van der Waals surface area contributed by atoms with Gasteiger partial charge in [-0.25, -0.2) is 4.39 Å². The Hall–Kier alpha value is -1.63. The summed E-state index contributed by atoms with van der Waals surface area (Å²) in [6.45, 7) is 2.89. The fourth-order valence-corrected chi connectivity index (χ4v) is 1.76. The molecule has 1 rings (SSSR count). The van der Waals surface area contributed by atoms with Gasteiger partial charge < -0.3 is 10.5 Å². The average molecular weight is 293 g/mol. The Morgan fingerprint density at radius 1 is 1.30 bits per heavy atom. The average Bonchev–Trinajstić information content (AvgIpc) is 2.35. The topological polar surface area (TPSA) is 52.3 Å². The second kappa shape index (κ2) is 5.40. The van der Waals surface area contributed by atoms with Gasteiger partial charge in [0.05, 0.1) is 18.1 Å². The molecule has 0 saturated carbocycles. The molecule has 0 aromatic heterocycles. The van der Waals surface area contributed by atoms with E-state index in [1.165, 1.54) is 13.8 Å². The van der Waals surface area contributed by atoms with E-state index >= 15 is 0 Å². The molecule has 0 aliphatic rings. The van der Waals surface area contributed by atoms with Crippen LogP contribution in [0.25, 0.3) is 0 Å². The number of hydrogen-bond donors (Lipinski definition) is 1. The highest BCUT2D eigenvalue weighted by molar-refractivity contribution is 5.77. The quantitative estimate of drug-likeness (QED) is 0.688. The first kappa shape index (κ1) is 16.4. The number of carbonyl (C=O) groups is 1. The van der Waals surface area contributed by atoms with Gasteiger partial charge in [-0.05, 0) is 31.5 Å². The van der Waals surface area contributed by atoms with E-state index in [0.29, 0.717) is 12.1 Å². The first-order chi connectivity index (χ1) is 9.01. The number of alkyl halides is 3. The molecule has 20 heavy (non-hydrogen) atoms. The van der Waals surface area contributed by atoms with E-state index in [2.05, 4.69) is 4.74 Å². The van der Waals surface area contributed by atoms with E-state index in [9.17, 15) is 22.4 Å². The maximum absolute atomic E-state index is 13.2. The highest BCUT2D eigenvalue weighted by Crippen LogP contribution is 2.37. The van der Waals surface area contributed by atoms with Crippen LogP contribution in [0, 0.1) is 11.2 Å². The lowest BCUT2D eigenvalue weighted by atomic mass is 9.80. The van der Waals surface area contributed by atoms with Gasteiger partial charge in [0.2, 0.25) is 0 Å². The molecular formula is C13H15F4NO2. The summed E-state index contributed by atoms with van der Waals surface area (Å²) in [5.74, 6) is -2.05. The van der Waals surface area contributed by atoms with Gasteiger partial charge in [0.15, 0.2) is 0 Å². The minimum absolute atomic E-state index is 0.00845. The summed E-state index contributed by atoms with van der Waals surface area (Å²) in [6.07, 6.45) is -4.82. The molecule has 7 heteroatoms. The van der Waals surface area contributed by atoms with Crippen LogP contribution >= 0.6 is 0 Å². The standard InChI is InChI=1S/C13H15F4NO2/c1-12(2,11(19)20-3)10(18)7-4-5-9(14)8(6-7)13(15,16)17/h4-6,10H,18H2,1-3H3/t10-/m0/s1. The van der Waals surface area contributed by atoms with Gasteiger partial charge in [0.1, 0.15) is 5.82 Å². The van der Waals surface area contributed by atoms with Crippen LogP contribution in [0.4, 0.5) is 17.6 Å². The Kier molecular flexibility index (Phi) is 4.43. The van der Waals surface area contributed by atoms with Crippen molar-refractivity contribution in [2.45, 2.75) is 26.1 Å². The predicted molar refractivity (Wildman–Crippen MR) is 64.1 cm³/mol. The van der Waals surface area contributed by atoms with Crippen molar-refractivity contribution in [3.8, 4) is 0 Å². The number of benzene rings is 1. The monoisotopic (exact) mass is 293 g/mol. The molecule has 0 radical (unpaired) electrons. The highest BCUT2D eigenvalue weighted by Gasteiger charge is 2.39. The van der Waals surface area contributed by atoms with Crippen molar-refractivity contribution in [1.82, 2.24) is 0 Å². The van der Waals surface area contributed by atoms with Crippen molar-refractivity contribution in [3.63, 3.8) is 0 Å². The molecule has 1 aromatic carbocycles. The highest BCUT2D eigenvalue weighted by atomic mass is 19.4. The lowest BCUT2D eigenvalue weighted by Gasteiger charge is -2.29. The van der Waals surface area contributed by atoms with Crippen molar-refractivity contribution in [1.29, 1.82) is 0 Å². The molecule has 0 amide bonds. The summed E-state index contributed by atoms with van der Waals surface area (Å²) in [5, 5.41) is 0. The largest absolute Gasteiger partial charge is 0.469 e. The van der Waals surface area contributed by atoms with E-state index < -0.39 is 35.0 Å². The van der Waals surface area contributed by atoms with Crippen LogP contribution in [0.2, 0.25) is 0 Å². The Bertz CT molecular complexity index is 512. The molecule has 0 unspecified atom stereocenters. The molecule has 0 saturated heterocycles. The minimum Gasteiger partial charge on any atom is -0.469 e.